The number of carbonyl (C=O) groups excluding carboxylic acids is 1. The molecular weight excluding hydrogens is 306 g/mol. The van der Waals surface area contributed by atoms with Crippen molar-refractivity contribution in [2.24, 2.45) is 10.9 Å². The fourth-order valence-corrected chi connectivity index (χ4v) is 2.79. The predicted octanol–water partition coefficient (Wildman–Crippen LogP) is 3.76. The Morgan fingerprint density at radius 2 is 2.12 bits per heavy atom. The molecule has 1 aromatic heterocycles. The SMILES string of the molecule is COc1cccc(C2=N/C(=C\c3ccc(C4CC4C)o3)C(=O)O2)c1. The van der Waals surface area contributed by atoms with Crippen molar-refractivity contribution < 1.29 is 18.7 Å². The topological polar surface area (TPSA) is 61.0 Å². The van der Waals surface area contributed by atoms with Crippen LogP contribution < -0.4 is 4.74 Å². The van der Waals surface area contributed by atoms with Gasteiger partial charge in [0.15, 0.2) is 5.70 Å². The van der Waals surface area contributed by atoms with E-state index in [1.165, 1.54) is 0 Å². The maximum Gasteiger partial charge on any atom is 0.363 e. The zero-order valence-electron chi connectivity index (χ0n) is 13.5. The molecule has 5 nitrogen and oxygen atoms in total. The number of carbonyl (C=O) groups is 1. The Kier molecular flexibility index (Phi) is 3.49. The first-order chi connectivity index (χ1) is 11.6. The van der Waals surface area contributed by atoms with Crippen LogP contribution in [0.25, 0.3) is 6.08 Å². The summed E-state index contributed by atoms with van der Waals surface area (Å²) >= 11 is 0. The van der Waals surface area contributed by atoms with Crippen LogP contribution in [0, 0.1) is 5.92 Å². The fraction of sp³-hybridized carbons (Fsp3) is 0.263. The summed E-state index contributed by atoms with van der Waals surface area (Å²) in [6.45, 7) is 2.20. The van der Waals surface area contributed by atoms with Crippen molar-refractivity contribution in [2.45, 2.75) is 19.3 Å². The van der Waals surface area contributed by atoms with E-state index in [4.69, 9.17) is 13.9 Å². The van der Waals surface area contributed by atoms with Crippen LogP contribution in [0.5, 0.6) is 5.75 Å². The van der Waals surface area contributed by atoms with E-state index in [2.05, 4.69) is 11.9 Å². The van der Waals surface area contributed by atoms with Crippen LogP contribution in [0.1, 0.15) is 36.3 Å². The molecule has 0 radical (unpaired) electrons. The van der Waals surface area contributed by atoms with E-state index in [1.54, 1.807) is 19.3 Å². The molecule has 24 heavy (non-hydrogen) atoms. The molecule has 1 saturated carbocycles. The van der Waals surface area contributed by atoms with Gasteiger partial charge in [-0.3, -0.25) is 0 Å². The second kappa shape index (κ2) is 5.67. The third-order valence-electron chi connectivity index (χ3n) is 4.34. The van der Waals surface area contributed by atoms with Gasteiger partial charge in [-0.05, 0) is 42.7 Å². The van der Waals surface area contributed by atoms with Crippen molar-refractivity contribution in [1.29, 1.82) is 0 Å². The van der Waals surface area contributed by atoms with E-state index < -0.39 is 5.97 Å². The van der Waals surface area contributed by atoms with E-state index in [1.807, 2.05) is 30.3 Å². The average Bonchev–Trinajstić information content (AvgIpc) is 2.98. The number of nitrogens with zero attached hydrogens (tertiary/aromatic N) is 1. The molecule has 5 heteroatoms. The zero-order chi connectivity index (χ0) is 16.7. The number of hydrogen-bond acceptors (Lipinski definition) is 5. The van der Waals surface area contributed by atoms with Gasteiger partial charge in [-0.15, -0.1) is 0 Å². The van der Waals surface area contributed by atoms with E-state index >= 15 is 0 Å². The number of hydrogen-bond donors (Lipinski definition) is 0. The smallest absolute Gasteiger partial charge is 0.363 e. The lowest BCUT2D eigenvalue weighted by Gasteiger charge is -2.02. The Morgan fingerprint density at radius 3 is 2.88 bits per heavy atom. The summed E-state index contributed by atoms with van der Waals surface area (Å²) in [5.41, 5.74) is 0.926. The second-order valence-electron chi connectivity index (χ2n) is 6.13. The van der Waals surface area contributed by atoms with Crippen LogP contribution in [0.3, 0.4) is 0 Å². The molecule has 2 heterocycles. The predicted molar refractivity (Wildman–Crippen MR) is 88.8 cm³/mol. The van der Waals surface area contributed by atoms with Gasteiger partial charge in [0.2, 0.25) is 5.90 Å². The summed E-state index contributed by atoms with van der Waals surface area (Å²) in [5.74, 6) is 3.23. The van der Waals surface area contributed by atoms with Crippen molar-refractivity contribution in [3.8, 4) is 5.75 Å². The highest BCUT2D eigenvalue weighted by Gasteiger charge is 2.36. The third-order valence-corrected chi connectivity index (χ3v) is 4.34. The molecule has 0 N–H and O–H groups in total. The number of cyclic esters (lactones) is 1. The molecule has 1 aliphatic heterocycles. The number of furan rings is 1. The normalized spacial score (nSPS) is 24.0. The Morgan fingerprint density at radius 1 is 1.29 bits per heavy atom. The van der Waals surface area contributed by atoms with Crippen molar-refractivity contribution in [1.82, 2.24) is 0 Å². The van der Waals surface area contributed by atoms with E-state index in [0.717, 1.165) is 12.2 Å². The molecule has 1 fully saturated rings. The van der Waals surface area contributed by atoms with Crippen LogP contribution in [-0.4, -0.2) is 19.0 Å². The van der Waals surface area contributed by atoms with Crippen LogP contribution in [-0.2, 0) is 9.53 Å². The van der Waals surface area contributed by atoms with Gasteiger partial charge in [0.25, 0.3) is 0 Å². The van der Waals surface area contributed by atoms with Gasteiger partial charge in [0, 0.05) is 17.6 Å². The Labute approximate surface area is 139 Å². The molecular formula is C19H17NO4. The van der Waals surface area contributed by atoms with Gasteiger partial charge in [0.05, 0.1) is 7.11 Å². The summed E-state index contributed by atoms with van der Waals surface area (Å²) < 4.78 is 16.2. The van der Waals surface area contributed by atoms with Crippen LogP contribution in [0.4, 0.5) is 0 Å². The second-order valence-corrected chi connectivity index (χ2v) is 6.13. The summed E-state index contributed by atoms with van der Waals surface area (Å²) in [6, 6.07) is 11.1. The first-order valence-corrected chi connectivity index (χ1v) is 7.91. The highest BCUT2D eigenvalue weighted by molar-refractivity contribution is 6.12. The molecule has 0 saturated heterocycles. The first kappa shape index (κ1) is 14.8. The quantitative estimate of drug-likeness (QED) is 0.635. The highest BCUT2D eigenvalue weighted by atomic mass is 16.6. The summed E-state index contributed by atoms with van der Waals surface area (Å²) in [6.07, 6.45) is 2.77. The van der Waals surface area contributed by atoms with E-state index in [0.29, 0.717) is 28.9 Å². The average molecular weight is 323 g/mol. The fourth-order valence-electron chi connectivity index (χ4n) is 2.79. The molecule has 0 bridgehead atoms. The number of ether oxygens (including phenoxy) is 2. The zero-order valence-corrected chi connectivity index (χ0v) is 13.5. The molecule has 2 aromatic rings. The summed E-state index contributed by atoms with van der Waals surface area (Å²) in [5, 5.41) is 0. The van der Waals surface area contributed by atoms with Crippen molar-refractivity contribution >= 4 is 17.9 Å². The van der Waals surface area contributed by atoms with Gasteiger partial charge in [-0.1, -0.05) is 13.0 Å². The third kappa shape index (κ3) is 2.73. The number of esters is 1. The highest BCUT2D eigenvalue weighted by Crippen LogP contribution is 2.47. The van der Waals surface area contributed by atoms with Gasteiger partial charge >= 0.3 is 5.97 Å². The lowest BCUT2D eigenvalue weighted by molar-refractivity contribution is -0.129. The minimum absolute atomic E-state index is 0.234. The van der Waals surface area contributed by atoms with Crippen LogP contribution in [0.15, 0.2) is 51.5 Å². The molecule has 2 aliphatic rings. The molecule has 0 spiro atoms. The Balaban J connectivity index is 1.59. The van der Waals surface area contributed by atoms with Gasteiger partial charge in [0.1, 0.15) is 17.3 Å². The van der Waals surface area contributed by atoms with Crippen LogP contribution >= 0.6 is 0 Å². The van der Waals surface area contributed by atoms with Crippen molar-refractivity contribution in [2.75, 3.05) is 7.11 Å². The molecule has 2 atom stereocenters. The maximum absolute atomic E-state index is 12.0. The number of rotatable bonds is 4. The molecule has 1 aliphatic carbocycles. The Bertz CT molecular complexity index is 862. The summed E-state index contributed by atoms with van der Waals surface area (Å²) in [4.78, 5) is 16.3. The number of aliphatic imine (C=N–C) groups is 1. The summed E-state index contributed by atoms with van der Waals surface area (Å²) in [7, 11) is 1.59. The number of benzene rings is 1. The van der Waals surface area contributed by atoms with Gasteiger partial charge < -0.3 is 13.9 Å². The first-order valence-electron chi connectivity index (χ1n) is 7.91. The minimum Gasteiger partial charge on any atom is -0.497 e. The number of methoxy groups -OCH3 is 1. The van der Waals surface area contributed by atoms with E-state index in [-0.39, 0.29) is 11.6 Å². The van der Waals surface area contributed by atoms with E-state index in [9.17, 15) is 4.79 Å². The van der Waals surface area contributed by atoms with Gasteiger partial charge in [-0.25, -0.2) is 9.79 Å². The Hall–Kier alpha value is -2.82. The standard InChI is InChI=1S/C19H17NO4/c1-11-8-15(11)17-7-6-14(23-17)10-16-19(21)24-18(20-16)12-4-3-5-13(9-12)22-2/h3-7,9-11,15H,8H2,1-2H3/b16-10-. The van der Waals surface area contributed by atoms with Crippen LogP contribution in [0.2, 0.25) is 0 Å². The van der Waals surface area contributed by atoms with Crippen molar-refractivity contribution in [3.63, 3.8) is 0 Å². The molecule has 122 valence electrons. The molecule has 2 unspecified atom stereocenters. The molecule has 0 amide bonds. The molecule has 4 rings (SSSR count). The lowest BCUT2D eigenvalue weighted by atomic mass is 10.2. The van der Waals surface area contributed by atoms with Crippen molar-refractivity contribution in [3.05, 3.63) is 59.2 Å². The maximum atomic E-state index is 12.0. The lowest BCUT2D eigenvalue weighted by Crippen LogP contribution is -2.05. The van der Waals surface area contributed by atoms with Gasteiger partial charge in [-0.2, -0.15) is 0 Å². The monoisotopic (exact) mass is 323 g/mol. The largest absolute Gasteiger partial charge is 0.497 e. The minimum atomic E-state index is -0.481. The molecule has 1 aromatic carbocycles.